The first-order valence-electron chi connectivity index (χ1n) is 8.60. The molecular formula is C19H20N2O4S. The lowest BCUT2D eigenvalue weighted by atomic mass is 9.91. The first-order valence-corrected chi connectivity index (χ1v) is 10.3. The first-order chi connectivity index (χ1) is 12.5. The van der Waals surface area contributed by atoms with Gasteiger partial charge in [0.15, 0.2) is 15.7 Å². The van der Waals surface area contributed by atoms with Gasteiger partial charge in [-0.05, 0) is 73.1 Å². The van der Waals surface area contributed by atoms with E-state index in [0.717, 1.165) is 12.0 Å². The Morgan fingerprint density at radius 1 is 1.08 bits per heavy atom. The molecule has 0 bridgehead atoms. The Balaban J connectivity index is 1.62. The predicted molar refractivity (Wildman–Crippen MR) is 97.6 cm³/mol. The van der Waals surface area contributed by atoms with E-state index in [2.05, 4.69) is 5.16 Å². The van der Waals surface area contributed by atoms with E-state index in [1.54, 1.807) is 30.3 Å². The molecule has 6 nitrogen and oxygen atoms in total. The van der Waals surface area contributed by atoms with Gasteiger partial charge >= 0.3 is 0 Å². The van der Waals surface area contributed by atoms with Crippen molar-refractivity contribution in [2.24, 2.45) is 16.8 Å². The summed E-state index contributed by atoms with van der Waals surface area (Å²) < 4.78 is 30.8. The Hall–Kier alpha value is -2.54. The van der Waals surface area contributed by atoms with E-state index in [1.165, 1.54) is 12.8 Å². The quantitative estimate of drug-likeness (QED) is 0.371. The van der Waals surface area contributed by atoms with Crippen LogP contribution in [0.4, 0.5) is 0 Å². The number of nitrogens with zero attached hydrogens (tertiary/aromatic N) is 1. The molecule has 0 spiro atoms. The summed E-state index contributed by atoms with van der Waals surface area (Å²) in [6.07, 6.45) is 3.10. The molecule has 1 unspecified atom stereocenters. The van der Waals surface area contributed by atoms with Crippen LogP contribution in [0, 0.1) is 5.92 Å². The van der Waals surface area contributed by atoms with Gasteiger partial charge in [-0.15, -0.1) is 0 Å². The van der Waals surface area contributed by atoms with E-state index >= 15 is 0 Å². The molecule has 26 heavy (non-hydrogen) atoms. The van der Waals surface area contributed by atoms with Gasteiger partial charge in [0.05, 0.1) is 10.6 Å². The Kier molecular flexibility index (Phi) is 4.11. The van der Waals surface area contributed by atoms with Gasteiger partial charge in [0, 0.05) is 5.56 Å². The van der Waals surface area contributed by atoms with Crippen molar-refractivity contribution in [2.75, 3.05) is 5.75 Å². The summed E-state index contributed by atoms with van der Waals surface area (Å²) in [5, 5.41) is 11.6. The summed E-state index contributed by atoms with van der Waals surface area (Å²) in [6.45, 7) is 0. The topological polar surface area (TPSA) is 102 Å². The molecular weight excluding hydrogens is 352 g/mol. The lowest BCUT2D eigenvalue weighted by Crippen LogP contribution is -2.21. The summed E-state index contributed by atoms with van der Waals surface area (Å²) >= 11 is 0. The molecule has 0 radical (unpaired) electrons. The number of fused-ring (bicyclic) bond motifs is 1. The van der Waals surface area contributed by atoms with Crippen LogP contribution in [0.1, 0.15) is 36.3 Å². The van der Waals surface area contributed by atoms with Crippen molar-refractivity contribution in [3.63, 3.8) is 0 Å². The molecule has 136 valence electrons. The Morgan fingerprint density at radius 2 is 1.77 bits per heavy atom. The van der Waals surface area contributed by atoms with Crippen LogP contribution in [0.5, 0.6) is 11.5 Å². The van der Waals surface area contributed by atoms with Gasteiger partial charge in [0.2, 0.25) is 0 Å². The Labute approximate surface area is 152 Å². The third kappa shape index (κ3) is 3.14. The SMILES string of the molecule is N/C(=N\O)c1ccc(Oc2ccc3c(c2)S(=O)(=O)CCC3C2CC2)cc1. The molecule has 0 amide bonds. The molecule has 1 aliphatic heterocycles. The van der Waals surface area contributed by atoms with E-state index in [9.17, 15) is 8.42 Å². The molecule has 4 rings (SSSR count). The highest BCUT2D eigenvalue weighted by Gasteiger charge is 2.39. The fourth-order valence-corrected chi connectivity index (χ4v) is 5.24. The average Bonchev–Trinajstić information content (AvgIpc) is 3.47. The molecule has 2 aliphatic rings. The number of sulfone groups is 1. The van der Waals surface area contributed by atoms with Gasteiger partial charge in [-0.2, -0.15) is 0 Å². The van der Waals surface area contributed by atoms with Crippen LogP contribution in [0.15, 0.2) is 52.5 Å². The van der Waals surface area contributed by atoms with E-state index in [-0.39, 0.29) is 11.6 Å². The van der Waals surface area contributed by atoms with Crippen LogP contribution in [0.2, 0.25) is 0 Å². The average molecular weight is 372 g/mol. The number of amidine groups is 1. The number of ether oxygens (including phenoxy) is 1. The fourth-order valence-electron chi connectivity index (χ4n) is 3.58. The van der Waals surface area contributed by atoms with Crippen molar-refractivity contribution in [1.82, 2.24) is 0 Å². The highest BCUT2D eigenvalue weighted by molar-refractivity contribution is 7.91. The van der Waals surface area contributed by atoms with Gasteiger partial charge < -0.3 is 15.7 Å². The summed E-state index contributed by atoms with van der Waals surface area (Å²) in [4.78, 5) is 0.409. The second-order valence-electron chi connectivity index (χ2n) is 6.86. The molecule has 2 aromatic rings. The zero-order chi connectivity index (χ0) is 18.3. The van der Waals surface area contributed by atoms with Crippen molar-refractivity contribution in [3.8, 4) is 11.5 Å². The molecule has 1 aliphatic carbocycles. The number of hydrogen-bond acceptors (Lipinski definition) is 5. The number of benzene rings is 2. The third-order valence-electron chi connectivity index (χ3n) is 5.10. The normalized spacial score (nSPS) is 21.8. The first kappa shape index (κ1) is 16.9. The van der Waals surface area contributed by atoms with Crippen LogP contribution in [-0.2, 0) is 9.84 Å². The maximum Gasteiger partial charge on any atom is 0.178 e. The zero-order valence-corrected chi connectivity index (χ0v) is 14.9. The monoisotopic (exact) mass is 372 g/mol. The number of oxime groups is 1. The smallest absolute Gasteiger partial charge is 0.178 e. The zero-order valence-electron chi connectivity index (χ0n) is 14.1. The second-order valence-corrected chi connectivity index (χ2v) is 8.94. The molecule has 2 aromatic carbocycles. The largest absolute Gasteiger partial charge is 0.457 e. The van der Waals surface area contributed by atoms with Crippen LogP contribution in [-0.4, -0.2) is 25.2 Å². The molecule has 1 saturated carbocycles. The molecule has 3 N–H and O–H groups in total. The molecule has 0 saturated heterocycles. The number of hydrogen-bond donors (Lipinski definition) is 2. The summed E-state index contributed by atoms with van der Waals surface area (Å²) in [6, 6.07) is 12.1. The minimum absolute atomic E-state index is 0.0162. The standard InChI is InChI=1S/C19H20N2O4S/c20-19(21-22)13-3-5-14(6-4-13)25-15-7-8-17-16(12-1-2-12)9-10-26(23,24)18(17)11-15/h3-8,11-12,16,22H,1-2,9-10H2,(H2,20,21). The van der Waals surface area contributed by atoms with E-state index in [4.69, 9.17) is 15.7 Å². The Morgan fingerprint density at radius 3 is 2.42 bits per heavy atom. The van der Waals surface area contributed by atoms with Crippen molar-refractivity contribution in [3.05, 3.63) is 53.6 Å². The molecule has 1 fully saturated rings. The predicted octanol–water partition coefficient (Wildman–Crippen LogP) is 3.24. The van der Waals surface area contributed by atoms with Gasteiger partial charge in [-0.25, -0.2) is 8.42 Å². The van der Waals surface area contributed by atoms with Gasteiger partial charge in [0.25, 0.3) is 0 Å². The van der Waals surface area contributed by atoms with Crippen LogP contribution in [0.3, 0.4) is 0 Å². The fraction of sp³-hybridized carbons (Fsp3) is 0.316. The summed E-state index contributed by atoms with van der Waals surface area (Å²) in [5.74, 6) is 2.23. The molecule has 1 atom stereocenters. The van der Waals surface area contributed by atoms with E-state index < -0.39 is 9.84 Å². The number of rotatable bonds is 4. The molecule has 0 aromatic heterocycles. The summed E-state index contributed by atoms with van der Waals surface area (Å²) in [5.41, 5.74) is 7.05. The highest BCUT2D eigenvalue weighted by Crippen LogP contribution is 2.49. The van der Waals surface area contributed by atoms with Crippen molar-refractivity contribution >= 4 is 15.7 Å². The van der Waals surface area contributed by atoms with Crippen molar-refractivity contribution < 1.29 is 18.4 Å². The van der Waals surface area contributed by atoms with Gasteiger partial charge in [-0.1, -0.05) is 11.2 Å². The lowest BCUT2D eigenvalue weighted by Gasteiger charge is -2.25. The van der Waals surface area contributed by atoms with E-state index in [1.807, 2.05) is 12.1 Å². The minimum atomic E-state index is -3.26. The van der Waals surface area contributed by atoms with E-state index in [0.29, 0.717) is 33.8 Å². The number of nitrogens with two attached hydrogens (primary N) is 1. The highest BCUT2D eigenvalue weighted by atomic mass is 32.2. The summed E-state index contributed by atoms with van der Waals surface area (Å²) in [7, 11) is -3.26. The van der Waals surface area contributed by atoms with Crippen LogP contribution >= 0.6 is 0 Å². The van der Waals surface area contributed by atoms with Crippen LogP contribution in [0.25, 0.3) is 0 Å². The second kappa shape index (κ2) is 6.32. The van der Waals surface area contributed by atoms with Gasteiger partial charge in [-0.3, -0.25) is 0 Å². The minimum Gasteiger partial charge on any atom is -0.457 e. The van der Waals surface area contributed by atoms with Crippen molar-refractivity contribution in [2.45, 2.75) is 30.1 Å². The van der Waals surface area contributed by atoms with Crippen molar-refractivity contribution in [1.29, 1.82) is 0 Å². The third-order valence-corrected chi connectivity index (χ3v) is 6.90. The molecule has 7 heteroatoms. The van der Waals surface area contributed by atoms with Crippen LogP contribution < -0.4 is 10.5 Å². The Bertz CT molecular complexity index is 964. The van der Waals surface area contributed by atoms with Gasteiger partial charge in [0.1, 0.15) is 11.5 Å². The maximum absolute atomic E-state index is 12.5. The maximum atomic E-state index is 12.5. The molecule has 1 heterocycles. The lowest BCUT2D eigenvalue weighted by molar-refractivity contribution is 0.318.